The molecule has 6 nitrogen and oxygen atoms in total. The summed E-state index contributed by atoms with van der Waals surface area (Å²) in [7, 11) is 0. The van der Waals surface area contributed by atoms with E-state index in [0.29, 0.717) is 6.42 Å². The van der Waals surface area contributed by atoms with Crippen LogP contribution < -0.4 is 10.6 Å². The van der Waals surface area contributed by atoms with Gasteiger partial charge in [-0.15, -0.1) is 0 Å². The van der Waals surface area contributed by atoms with E-state index in [9.17, 15) is 14.4 Å². The van der Waals surface area contributed by atoms with Gasteiger partial charge < -0.3 is 15.4 Å². The maximum absolute atomic E-state index is 11.9. The summed E-state index contributed by atoms with van der Waals surface area (Å²) in [6.07, 6.45) is 0.339. The largest absolute Gasteiger partial charge is 0.464 e. The summed E-state index contributed by atoms with van der Waals surface area (Å²) in [5, 5.41) is 4.96. The van der Waals surface area contributed by atoms with Gasteiger partial charge in [-0.2, -0.15) is 0 Å². The quantitative estimate of drug-likeness (QED) is 0.713. The number of ether oxygens (including phenoxy) is 1. The minimum Gasteiger partial charge on any atom is -0.464 e. The lowest BCUT2D eigenvalue weighted by molar-refractivity contribution is -0.147. The molecule has 0 aromatic heterocycles. The number of rotatable bonds is 7. The van der Waals surface area contributed by atoms with Crippen LogP contribution in [0.1, 0.15) is 19.4 Å². The second-order valence-electron chi connectivity index (χ2n) is 4.47. The maximum Gasteiger partial charge on any atom is 0.328 e. The molecule has 0 saturated heterocycles. The number of carbonyl (C=O) groups excluding carboxylic acids is 3. The molecule has 0 bridgehead atoms. The number of nitrogens with one attached hydrogen (secondary N) is 2. The van der Waals surface area contributed by atoms with Crippen molar-refractivity contribution in [2.75, 3.05) is 13.2 Å². The molecule has 1 rings (SSSR count). The van der Waals surface area contributed by atoms with Crippen LogP contribution in [0.3, 0.4) is 0 Å². The maximum atomic E-state index is 11.9. The smallest absolute Gasteiger partial charge is 0.328 e. The van der Waals surface area contributed by atoms with Crippen LogP contribution >= 0.6 is 0 Å². The highest BCUT2D eigenvalue weighted by molar-refractivity contribution is 5.88. The van der Waals surface area contributed by atoms with Crippen LogP contribution in [-0.4, -0.2) is 37.0 Å². The van der Waals surface area contributed by atoms with E-state index in [4.69, 9.17) is 4.74 Å². The lowest BCUT2D eigenvalue weighted by Crippen LogP contribution is -2.47. The first-order valence-electron chi connectivity index (χ1n) is 6.77. The van der Waals surface area contributed by atoms with E-state index in [-0.39, 0.29) is 19.1 Å². The third-order valence-corrected chi connectivity index (χ3v) is 2.69. The Morgan fingerprint density at radius 2 is 1.86 bits per heavy atom. The predicted octanol–water partition coefficient (Wildman–Crippen LogP) is 0.413. The van der Waals surface area contributed by atoms with Gasteiger partial charge in [0.2, 0.25) is 11.8 Å². The Morgan fingerprint density at radius 1 is 1.19 bits per heavy atom. The van der Waals surface area contributed by atoms with E-state index in [1.165, 1.54) is 6.92 Å². The number of hydrogen-bond donors (Lipinski definition) is 2. The number of amides is 2. The second kappa shape index (κ2) is 8.73. The van der Waals surface area contributed by atoms with E-state index in [1.807, 2.05) is 30.3 Å². The highest BCUT2D eigenvalue weighted by Gasteiger charge is 2.22. The van der Waals surface area contributed by atoms with E-state index in [1.54, 1.807) is 6.92 Å². The molecule has 1 atom stereocenters. The predicted molar refractivity (Wildman–Crippen MR) is 77.4 cm³/mol. The molecule has 0 heterocycles. The molecule has 0 aliphatic heterocycles. The van der Waals surface area contributed by atoms with Crippen LogP contribution in [0.15, 0.2) is 30.3 Å². The van der Waals surface area contributed by atoms with Crippen molar-refractivity contribution in [3.8, 4) is 0 Å². The highest BCUT2D eigenvalue weighted by Crippen LogP contribution is 2.04. The molecule has 1 aromatic carbocycles. The van der Waals surface area contributed by atoms with Gasteiger partial charge in [0.25, 0.3) is 0 Å². The third kappa shape index (κ3) is 6.56. The number of carbonyl (C=O) groups is 3. The second-order valence-corrected chi connectivity index (χ2v) is 4.47. The van der Waals surface area contributed by atoms with Gasteiger partial charge in [0, 0.05) is 13.3 Å². The number of hydrogen-bond acceptors (Lipinski definition) is 4. The molecule has 21 heavy (non-hydrogen) atoms. The molecule has 0 radical (unpaired) electrons. The molecule has 114 valence electrons. The molecule has 1 aromatic rings. The fraction of sp³-hybridized carbons (Fsp3) is 0.400. The van der Waals surface area contributed by atoms with Gasteiger partial charge in [-0.05, 0) is 12.5 Å². The zero-order chi connectivity index (χ0) is 15.7. The van der Waals surface area contributed by atoms with Crippen molar-refractivity contribution in [1.29, 1.82) is 0 Å². The van der Waals surface area contributed by atoms with Crippen molar-refractivity contribution in [2.24, 2.45) is 0 Å². The van der Waals surface area contributed by atoms with Gasteiger partial charge in [-0.1, -0.05) is 30.3 Å². The van der Waals surface area contributed by atoms with Gasteiger partial charge in [-0.3, -0.25) is 9.59 Å². The molecule has 0 unspecified atom stereocenters. The molecule has 2 N–H and O–H groups in total. The zero-order valence-corrected chi connectivity index (χ0v) is 12.2. The summed E-state index contributed by atoms with van der Waals surface area (Å²) in [4.78, 5) is 34.4. The standard InChI is InChI=1S/C15H20N2O4/c1-3-21-15(20)13(9-12-7-5-4-6-8-12)17-14(19)10-16-11(2)18/h4-8,13H,3,9-10H2,1-2H3,(H,16,18)(H,17,19)/t13-/m0/s1. The van der Waals surface area contributed by atoms with Crippen LogP contribution in [0, 0.1) is 0 Å². The van der Waals surface area contributed by atoms with Crippen molar-refractivity contribution in [3.63, 3.8) is 0 Å². The lowest BCUT2D eigenvalue weighted by Gasteiger charge is -2.17. The Hall–Kier alpha value is -2.37. The van der Waals surface area contributed by atoms with Crippen LogP contribution in [0.4, 0.5) is 0 Å². The van der Waals surface area contributed by atoms with Crippen molar-refractivity contribution >= 4 is 17.8 Å². The summed E-state index contributed by atoms with van der Waals surface area (Å²) >= 11 is 0. The average molecular weight is 292 g/mol. The first kappa shape index (κ1) is 16.7. The molecule has 0 aliphatic rings. The van der Waals surface area contributed by atoms with Crippen LogP contribution in [-0.2, 0) is 25.5 Å². The molecule has 0 fully saturated rings. The third-order valence-electron chi connectivity index (χ3n) is 2.69. The van der Waals surface area contributed by atoms with Crippen molar-refractivity contribution in [1.82, 2.24) is 10.6 Å². The van der Waals surface area contributed by atoms with E-state index < -0.39 is 17.9 Å². The normalized spacial score (nSPS) is 11.3. The molecule has 6 heteroatoms. The molecule has 2 amide bonds. The van der Waals surface area contributed by atoms with E-state index in [2.05, 4.69) is 10.6 Å². The highest BCUT2D eigenvalue weighted by atomic mass is 16.5. The summed E-state index contributed by atoms with van der Waals surface area (Å²) in [5.41, 5.74) is 0.912. The van der Waals surface area contributed by atoms with Gasteiger partial charge in [0.05, 0.1) is 13.2 Å². The van der Waals surface area contributed by atoms with Crippen molar-refractivity contribution in [3.05, 3.63) is 35.9 Å². The van der Waals surface area contributed by atoms with Gasteiger partial charge >= 0.3 is 5.97 Å². The fourth-order valence-electron chi connectivity index (χ4n) is 1.74. The van der Waals surface area contributed by atoms with Crippen molar-refractivity contribution in [2.45, 2.75) is 26.3 Å². The summed E-state index contributed by atoms with van der Waals surface area (Å²) in [6.45, 7) is 3.10. The summed E-state index contributed by atoms with van der Waals surface area (Å²) in [6, 6.07) is 8.55. The first-order valence-corrected chi connectivity index (χ1v) is 6.77. The Balaban J connectivity index is 2.66. The number of benzene rings is 1. The zero-order valence-electron chi connectivity index (χ0n) is 12.2. The summed E-state index contributed by atoms with van der Waals surface area (Å²) in [5.74, 6) is -1.22. The van der Waals surface area contributed by atoms with Crippen LogP contribution in [0.25, 0.3) is 0 Å². The van der Waals surface area contributed by atoms with Gasteiger partial charge in [0.15, 0.2) is 0 Å². The molecule has 0 saturated carbocycles. The van der Waals surface area contributed by atoms with E-state index >= 15 is 0 Å². The molecular formula is C15H20N2O4. The Labute approximate surface area is 123 Å². The van der Waals surface area contributed by atoms with Gasteiger partial charge in [0.1, 0.15) is 6.04 Å². The van der Waals surface area contributed by atoms with Crippen LogP contribution in [0.2, 0.25) is 0 Å². The minimum absolute atomic E-state index is 0.167. The lowest BCUT2D eigenvalue weighted by atomic mass is 10.1. The van der Waals surface area contributed by atoms with Crippen molar-refractivity contribution < 1.29 is 19.1 Å². The monoisotopic (exact) mass is 292 g/mol. The topological polar surface area (TPSA) is 84.5 Å². The Morgan fingerprint density at radius 3 is 2.43 bits per heavy atom. The number of esters is 1. The Bertz CT molecular complexity index is 488. The fourth-order valence-corrected chi connectivity index (χ4v) is 1.74. The SMILES string of the molecule is CCOC(=O)[C@H](Cc1ccccc1)NC(=O)CNC(C)=O. The molecule has 0 aliphatic carbocycles. The minimum atomic E-state index is -0.770. The summed E-state index contributed by atoms with van der Waals surface area (Å²) < 4.78 is 4.96. The van der Waals surface area contributed by atoms with Gasteiger partial charge in [-0.25, -0.2) is 4.79 Å². The van der Waals surface area contributed by atoms with Crippen LogP contribution in [0.5, 0.6) is 0 Å². The molecule has 0 spiro atoms. The first-order chi connectivity index (χ1) is 10.0. The Kier molecular flexibility index (Phi) is 6.94. The van der Waals surface area contributed by atoms with E-state index in [0.717, 1.165) is 5.56 Å². The average Bonchev–Trinajstić information content (AvgIpc) is 2.46. The molecular weight excluding hydrogens is 272 g/mol.